The number of aromatic nitrogens is 2. The van der Waals surface area contributed by atoms with Gasteiger partial charge in [0.05, 0.1) is 6.54 Å². The van der Waals surface area contributed by atoms with E-state index in [1.807, 2.05) is 6.92 Å². The van der Waals surface area contributed by atoms with Crippen LogP contribution in [0.1, 0.15) is 19.8 Å². The number of hydrogen-bond donors (Lipinski definition) is 3. The molecule has 2 atom stereocenters. The predicted molar refractivity (Wildman–Crippen MR) is 109 cm³/mol. The van der Waals surface area contributed by atoms with E-state index in [4.69, 9.17) is 28.9 Å². The molecule has 28 heavy (non-hydrogen) atoms. The average molecular weight is 427 g/mol. The number of nitrogens with one attached hydrogen (secondary N) is 2. The minimum Gasteiger partial charge on any atom is -0.381 e. The second kappa shape index (κ2) is 8.79. The molecule has 0 saturated carbocycles. The zero-order chi connectivity index (χ0) is 20.3. The number of nitrogens with two attached hydrogens (primary N) is 1. The van der Waals surface area contributed by atoms with E-state index in [1.54, 1.807) is 23.1 Å². The van der Waals surface area contributed by atoms with Crippen LogP contribution < -0.4 is 16.4 Å². The Morgan fingerprint density at radius 1 is 1.32 bits per heavy atom. The first-order valence-electron chi connectivity index (χ1n) is 8.87. The van der Waals surface area contributed by atoms with Crippen molar-refractivity contribution in [3.05, 3.63) is 40.4 Å². The van der Waals surface area contributed by atoms with E-state index < -0.39 is 5.82 Å². The van der Waals surface area contributed by atoms with Crippen LogP contribution in [-0.2, 0) is 4.79 Å². The summed E-state index contributed by atoms with van der Waals surface area (Å²) in [5.74, 6) is -0.918. The molecule has 1 fully saturated rings. The van der Waals surface area contributed by atoms with Gasteiger partial charge in [0.15, 0.2) is 11.6 Å². The third-order valence-corrected chi connectivity index (χ3v) is 5.19. The Bertz CT molecular complexity index is 848. The van der Waals surface area contributed by atoms with Crippen LogP contribution in [0.3, 0.4) is 0 Å². The Morgan fingerprint density at radius 2 is 2.04 bits per heavy atom. The fraction of sp³-hybridized carbons (Fsp3) is 0.389. The molecule has 1 aliphatic heterocycles. The minimum atomic E-state index is -0.683. The summed E-state index contributed by atoms with van der Waals surface area (Å²) in [6.45, 7) is 2.65. The number of amides is 1. The monoisotopic (exact) mass is 426 g/mol. The van der Waals surface area contributed by atoms with Gasteiger partial charge in [0.1, 0.15) is 6.33 Å². The molecule has 10 heteroatoms. The van der Waals surface area contributed by atoms with Gasteiger partial charge in [-0.05, 0) is 38.0 Å². The first-order valence-corrected chi connectivity index (χ1v) is 9.62. The Morgan fingerprint density at radius 3 is 2.75 bits per heavy atom. The highest BCUT2D eigenvalue weighted by molar-refractivity contribution is 6.35. The van der Waals surface area contributed by atoms with E-state index in [0.29, 0.717) is 22.3 Å². The smallest absolute Gasteiger partial charge is 0.242 e. The number of carbonyl (C=O) groups is 1. The average Bonchev–Trinajstić information content (AvgIpc) is 2.64. The number of halogens is 3. The molecule has 0 radical (unpaired) electrons. The molecule has 1 aromatic carbocycles. The number of nitrogen functional groups attached to an aromatic ring is 1. The van der Waals surface area contributed by atoms with E-state index in [1.165, 1.54) is 6.33 Å². The zero-order valence-corrected chi connectivity index (χ0v) is 16.8. The summed E-state index contributed by atoms with van der Waals surface area (Å²) >= 11 is 12.0. The lowest BCUT2D eigenvalue weighted by molar-refractivity contribution is -0.132. The van der Waals surface area contributed by atoms with Crippen molar-refractivity contribution in [3.63, 3.8) is 0 Å². The number of rotatable bonds is 5. The summed E-state index contributed by atoms with van der Waals surface area (Å²) in [5, 5.41) is 7.09. The Labute approximate surface area is 172 Å². The van der Waals surface area contributed by atoms with Gasteiger partial charge in [-0.3, -0.25) is 4.79 Å². The van der Waals surface area contributed by atoms with Crippen molar-refractivity contribution in [2.24, 2.45) is 0 Å². The molecule has 1 aromatic heterocycles. The van der Waals surface area contributed by atoms with Crippen LogP contribution in [0.4, 0.5) is 21.7 Å². The zero-order valence-electron chi connectivity index (χ0n) is 15.3. The van der Waals surface area contributed by atoms with E-state index in [9.17, 15) is 9.18 Å². The van der Waals surface area contributed by atoms with Gasteiger partial charge in [-0.1, -0.05) is 23.2 Å². The second-order valence-electron chi connectivity index (χ2n) is 6.65. The Balaban J connectivity index is 1.63. The predicted octanol–water partition coefficient (Wildman–Crippen LogP) is 3.41. The number of benzene rings is 1. The molecule has 1 aliphatic rings. The van der Waals surface area contributed by atoms with E-state index in [-0.39, 0.29) is 36.2 Å². The largest absolute Gasteiger partial charge is 0.381 e. The highest BCUT2D eigenvalue weighted by Crippen LogP contribution is 2.25. The van der Waals surface area contributed by atoms with Gasteiger partial charge in [-0.25, -0.2) is 9.97 Å². The van der Waals surface area contributed by atoms with Crippen molar-refractivity contribution in [3.8, 4) is 0 Å². The van der Waals surface area contributed by atoms with Crippen molar-refractivity contribution in [1.82, 2.24) is 14.9 Å². The van der Waals surface area contributed by atoms with Crippen LogP contribution in [-0.4, -0.2) is 45.9 Å². The van der Waals surface area contributed by atoms with Crippen LogP contribution >= 0.6 is 23.2 Å². The molecule has 2 heterocycles. The van der Waals surface area contributed by atoms with Crippen molar-refractivity contribution in [2.45, 2.75) is 31.8 Å². The molecule has 0 spiro atoms. The number of carbonyl (C=O) groups excluding carboxylic acids is 1. The molecule has 2 aromatic rings. The molecule has 0 bridgehead atoms. The van der Waals surface area contributed by atoms with Gasteiger partial charge in [0.2, 0.25) is 11.7 Å². The molecule has 7 nitrogen and oxygen atoms in total. The number of piperidine rings is 1. The van der Waals surface area contributed by atoms with Gasteiger partial charge < -0.3 is 21.3 Å². The summed E-state index contributed by atoms with van der Waals surface area (Å²) in [5.41, 5.74) is 6.16. The summed E-state index contributed by atoms with van der Waals surface area (Å²) in [4.78, 5) is 22.0. The maximum Gasteiger partial charge on any atom is 0.242 e. The molecule has 2 unspecified atom stereocenters. The van der Waals surface area contributed by atoms with E-state index in [0.717, 1.165) is 12.8 Å². The molecule has 0 aliphatic carbocycles. The summed E-state index contributed by atoms with van der Waals surface area (Å²) in [6, 6.07) is 4.72. The fourth-order valence-corrected chi connectivity index (χ4v) is 3.81. The number of anilines is 3. The first-order chi connectivity index (χ1) is 13.3. The van der Waals surface area contributed by atoms with Crippen LogP contribution in [0.5, 0.6) is 0 Å². The summed E-state index contributed by atoms with van der Waals surface area (Å²) < 4.78 is 14.1. The van der Waals surface area contributed by atoms with Crippen molar-refractivity contribution < 1.29 is 9.18 Å². The van der Waals surface area contributed by atoms with E-state index in [2.05, 4.69) is 20.6 Å². The van der Waals surface area contributed by atoms with Crippen molar-refractivity contribution >= 4 is 46.4 Å². The third-order valence-electron chi connectivity index (χ3n) is 4.75. The lowest BCUT2D eigenvalue weighted by Gasteiger charge is -2.40. The first kappa shape index (κ1) is 20.4. The Hall–Kier alpha value is -2.32. The minimum absolute atomic E-state index is 0.0466. The summed E-state index contributed by atoms with van der Waals surface area (Å²) in [7, 11) is 0. The van der Waals surface area contributed by atoms with Gasteiger partial charge in [0.25, 0.3) is 0 Å². The SMILES string of the molecule is CC1C(Nc2ncnc(N)c2F)CCCN1C(=O)CNc1cc(Cl)cc(Cl)c1. The maximum atomic E-state index is 14.1. The molecular weight excluding hydrogens is 406 g/mol. The number of nitrogens with zero attached hydrogens (tertiary/aromatic N) is 3. The van der Waals surface area contributed by atoms with Gasteiger partial charge in [-0.15, -0.1) is 0 Å². The highest BCUT2D eigenvalue weighted by atomic mass is 35.5. The van der Waals surface area contributed by atoms with Gasteiger partial charge in [0, 0.05) is 34.4 Å². The molecule has 4 N–H and O–H groups in total. The van der Waals surface area contributed by atoms with Gasteiger partial charge >= 0.3 is 0 Å². The second-order valence-corrected chi connectivity index (χ2v) is 7.53. The molecular formula is C18H21Cl2FN6O. The molecule has 1 amide bonds. The van der Waals surface area contributed by atoms with Crippen LogP contribution in [0.15, 0.2) is 24.5 Å². The fourth-order valence-electron chi connectivity index (χ4n) is 3.28. The molecule has 3 rings (SSSR count). The topological polar surface area (TPSA) is 96.2 Å². The Kier molecular flexibility index (Phi) is 6.41. The quantitative estimate of drug-likeness (QED) is 0.677. The molecule has 150 valence electrons. The van der Waals surface area contributed by atoms with Crippen LogP contribution in [0.25, 0.3) is 0 Å². The van der Waals surface area contributed by atoms with Crippen LogP contribution in [0, 0.1) is 5.82 Å². The lowest BCUT2D eigenvalue weighted by Crippen LogP contribution is -2.53. The normalized spacial score (nSPS) is 19.4. The van der Waals surface area contributed by atoms with E-state index >= 15 is 0 Å². The van der Waals surface area contributed by atoms with Crippen molar-refractivity contribution in [2.75, 3.05) is 29.5 Å². The lowest BCUT2D eigenvalue weighted by atomic mass is 9.97. The van der Waals surface area contributed by atoms with Crippen LogP contribution in [0.2, 0.25) is 10.0 Å². The summed E-state index contributed by atoms with van der Waals surface area (Å²) in [6.07, 6.45) is 2.78. The van der Waals surface area contributed by atoms with Crippen molar-refractivity contribution in [1.29, 1.82) is 0 Å². The third kappa shape index (κ3) is 4.74. The van der Waals surface area contributed by atoms with Gasteiger partial charge in [-0.2, -0.15) is 4.39 Å². The number of likely N-dealkylation sites (tertiary alicyclic amines) is 1. The maximum absolute atomic E-state index is 14.1. The highest BCUT2D eigenvalue weighted by Gasteiger charge is 2.31. The molecule has 1 saturated heterocycles. The standard InChI is InChI=1S/C18H21Cl2FN6O/c1-10-14(26-18-16(21)17(22)24-9-25-18)3-2-4-27(10)15(28)8-23-13-6-11(19)5-12(20)7-13/h5-7,9-10,14,23H,2-4,8H2,1H3,(H3,22,24,25,26). The number of hydrogen-bond acceptors (Lipinski definition) is 6.